The van der Waals surface area contributed by atoms with Crippen LogP contribution in [0.15, 0.2) is 24.5 Å². The summed E-state index contributed by atoms with van der Waals surface area (Å²) in [5.41, 5.74) is 0.747. The topological polar surface area (TPSA) is 62.2 Å². The molecule has 0 bridgehead atoms. The van der Waals surface area contributed by atoms with Crippen molar-refractivity contribution in [3.63, 3.8) is 0 Å². The van der Waals surface area contributed by atoms with Crippen LogP contribution in [-0.2, 0) is 4.79 Å². The quantitative estimate of drug-likeness (QED) is 0.852. The van der Waals surface area contributed by atoms with Gasteiger partial charge in [-0.1, -0.05) is 0 Å². The average Bonchev–Trinajstić information content (AvgIpc) is 2.28. The second-order valence-electron chi connectivity index (χ2n) is 3.84. The lowest BCUT2D eigenvalue weighted by atomic mass is 10.1. The Morgan fingerprint density at radius 1 is 1.44 bits per heavy atom. The van der Waals surface area contributed by atoms with Gasteiger partial charge in [0.2, 0.25) is 0 Å². The van der Waals surface area contributed by atoms with Crippen molar-refractivity contribution in [1.29, 1.82) is 0 Å². The first-order chi connectivity index (χ1) is 8.32. The van der Waals surface area contributed by atoms with Gasteiger partial charge in [0.15, 0.2) is 5.92 Å². The minimum Gasteiger partial charge on any atom is -0.481 e. The Labute approximate surface area is 102 Å². The van der Waals surface area contributed by atoms with E-state index >= 15 is 0 Å². The zero-order valence-corrected chi connectivity index (χ0v) is 9.61. The fraction of sp³-hybridized carbons (Fsp3) is 0.455. The van der Waals surface area contributed by atoms with Crippen molar-refractivity contribution in [2.24, 2.45) is 5.92 Å². The molecule has 1 rings (SSSR count). The zero-order valence-electron chi connectivity index (χ0n) is 9.61. The van der Waals surface area contributed by atoms with E-state index in [9.17, 15) is 18.0 Å². The van der Waals surface area contributed by atoms with Gasteiger partial charge in [-0.3, -0.25) is 9.78 Å². The number of hydrogen-bond donors (Lipinski definition) is 2. The monoisotopic (exact) mass is 262 g/mol. The van der Waals surface area contributed by atoms with Crippen LogP contribution in [0.5, 0.6) is 0 Å². The normalized spacial score (nSPS) is 15.1. The summed E-state index contributed by atoms with van der Waals surface area (Å²) in [5.74, 6) is -4.28. The molecule has 0 amide bonds. The van der Waals surface area contributed by atoms with Gasteiger partial charge in [-0.15, -0.1) is 0 Å². The number of nitrogens with one attached hydrogen (secondary N) is 1. The Morgan fingerprint density at radius 2 is 2.00 bits per heavy atom. The number of aliphatic carboxylic acids is 1. The van der Waals surface area contributed by atoms with Gasteiger partial charge < -0.3 is 10.4 Å². The van der Waals surface area contributed by atoms with Crippen molar-refractivity contribution in [1.82, 2.24) is 10.3 Å². The fourth-order valence-corrected chi connectivity index (χ4v) is 1.41. The molecular formula is C11H13F3N2O2. The molecule has 0 spiro atoms. The highest BCUT2D eigenvalue weighted by molar-refractivity contribution is 5.71. The summed E-state index contributed by atoms with van der Waals surface area (Å²) in [6.07, 6.45) is -1.71. The van der Waals surface area contributed by atoms with Crippen LogP contribution in [0.3, 0.4) is 0 Å². The molecule has 1 unspecified atom stereocenters. The Balaban J connectivity index is 2.61. The van der Waals surface area contributed by atoms with Crippen molar-refractivity contribution >= 4 is 5.97 Å². The molecule has 0 fully saturated rings. The van der Waals surface area contributed by atoms with E-state index in [0.717, 1.165) is 5.56 Å². The molecular weight excluding hydrogens is 249 g/mol. The van der Waals surface area contributed by atoms with Crippen molar-refractivity contribution in [2.75, 3.05) is 6.54 Å². The van der Waals surface area contributed by atoms with E-state index in [4.69, 9.17) is 5.11 Å². The second-order valence-corrected chi connectivity index (χ2v) is 3.84. The summed E-state index contributed by atoms with van der Waals surface area (Å²) < 4.78 is 37.2. The van der Waals surface area contributed by atoms with Crippen molar-refractivity contribution in [2.45, 2.75) is 19.1 Å². The SMILES string of the molecule is C[C@H](NCC(C(=O)O)C(F)(F)F)c1ccncc1. The number of alkyl halides is 3. The highest BCUT2D eigenvalue weighted by Gasteiger charge is 2.44. The summed E-state index contributed by atoms with van der Waals surface area (Å²) in [4.78, 5) is 14.3. The van der Waals surface area contributed by atoms with Crippen LogP contribution in [0, 0.1) is 5.92 Å². The van der Waals surface area contributed by atoms with Gasteiger partial charge in [0.1, 0.15) is 0 Å². The Hall–Kier alpha value is -1.63. The number of halogens is 3. The molecule has 7 heteroatoms. The maximum atomic E-state index is 12.4. The standard InChI is InChI=1S/C11H13F3N2O2/c1-7(8-2-4-15-5-3-8)16-6-9(10(17)18)11(12,13)14/h2-5,7,9,16H,6H2,1H3,(H,17,18)/t7-,9?/m0/s1. The minimum absolute atomic E-state index is 0.378. The van der Waals surface area contributed by atoms with Gasteiger partial charge in [-0.2, -0.15) is 13.2 Å². The molecule has 0 saturated heterocycles. The maximum Gasteiger partial charge on any atom is 0.403 e. The molecule has 2 N–H and O–H groups in total. The molecule has 0 aliphatic heterocycles. The van der Waals surface area contributed by atoms with Crippen molar-refractivity contribution in [3.05, 3.63) is 30.1 Å². The van der Waals surface area contributed by atoms with Crippen LogP contribution in [-0.4, -0.2) is 28.8 Å². The van der Waals surface area contributed by atoms with Crippen LogP contribution in [0.2, 0.25) is 0 Å². The molecule has 18 heavy (non-hydrogen) atoms. The van der Waals surface area contributed by atoms with E-state index in [1.807, 2.05) is 0 Å². The molecule has 0 saturated carbocycles. The third kappa shape index (κ3) is 3.99. The number of pyridine rings is 1. The smallest absolute Gasteiger partial charge is 0.403 e. The number of rotatable bonds is 5. The zero-order chi connectivity index (χ0) is 13.8. The molecule has 1 aromatic heterocycles. The van der Waals surface area contributed by atoms with Gasteiger partial charge in [0.05, 0.1) is 0 Å². The number of carboxylic acids is 1. The van der Waals surface area contributed by atoms with E-state index in [1.54, 1.807) is 19.1 Å². The number of aromatic nitrogens is 1. The van der Waals surface area contributed by atoms with E-state index in [0.29, 0.717) is 0 Å². The fourth-order valence-electron chi connectivity index (χ4n) is 1.41. The van der Waals surface area contributed by atoms with Crippen LogP contribution in [0.1, 0.15) is 18.5 Å². The lowest BCUT2D eigenvalue weighted by Crippen LogP contribution is -2.39. The first-order valence-corrected chi connectivity index (χ1v) is 5.25. The van der Waals surface area contributed by atoms with Crippen LogP contribution in [0.4, 0.5) is 13.2 Å². The van der Waals surface area contributed by atoms with Gasteiger partial charge >= 0.3 is 12.1 Å². The van der Waals surface area contributed by atoms with Gasteiger partial charge in [0, 0.05) is 25.0 Å². The second kappa shape index (κ2) is 5.81. The molecule has 2 atom stereocenters. The van der Waals surface area contributed by atoms with Crippen LogP contribution < -0.4 is 5.32 Å². The van der Waals surface area contributed by atoms with E-state index < -0.39 is 24.6 Å². The number of carbonyl (C=O) groups is 1. The molecule has 100 valence electrons. The summed E-state index contributed by atoms with van der Waals surface area (Å²) in [6, 6.07) is 2.93. The number of carboxylic acid groups (broad SMARTS) is 1. The first kappa shape index (κ1) is 14.4. The predicted octanol–water partition coefficient (Wildman–Crippen LogP) is 2.00. The van der Waals surface area contributed by atoms with Gasteiger partial charge in [-0.25, -0.2) is 0 Å². The van der Waals surface area contributed by atoms with Crippen LogP contribution in [0.25, 0.3) is 0 Å². The first-order valence-electron chi connectivity index (χ1n) is 5.25. The number of nitrogens with zero attached hydrogens (tertiary/aromatic N) is 1. The molecule has 0 radical (unpaired) electrons. The lowest BCUT2D eigenvalue weighted by molar-refractivity contribution is -0.192. The largest absolute Gasteiger partial charge is 0.481 e. The average molecular weight is 262 g/mol. The summed E-state index contributed by atoms with van der Waals surface area (Å²) >= 11 is 0. The highest BCUT2D eigenvalue weighted by Crippen LogP contribution is 2.26. The molecule has 4 nitrogen and oxygen atoms in total. The van der Waals surface area contributed by atoms with Gasteiger partial charge in [-0.05, 0) is 24.6 Å². The lowest BCUT2D eigenvalue weighted by Gasteiger charge is -2.20. The third-order valence-corrected chi connectivity index (χ3v) is 2.53. The molecule has 1 aromatic rings. The summed E-state index contributed by atoms with van der Waals surface area (Å²) in [5, 5.41) is 11.1. The Morgan fingerprint density at radius 3 is 2.44 bits per heavy atom. The highest BCUT2D eigenvalue weighted by atomic mass is 19.4. The third-order valence-electron chi connectivity index (χ3n) is 2.53. The molecule has 1 heterocycles. The van der Waals surface area contributed by atoms with Gasteiger partial charge in [0.25, 0.3) is 0 Å². The maximum absolute atomic E-state index is 12.4. The number of hydrogen-bond acceptors (Lipinski definition) is 3. The minimum atomic E-state index is -4.75. The Bertz CT molecular complexity index is 395. The predicted molar refractivity (Wildman–Crippen MR) is 57.8 cm³/mol. The molecule has 0 aliphatic carbocycles. The van der Waals surface area contributed by atoms with Crippen LogP contribution >= 0.6 is 0 Å². The van der Waals surface area contributed by atoms with E-state index in [2.05, 4.69) is 10.3 Å². The molecule has 0 aromatic carbocycles. The summed E-state index contributed by atoms with van der Waals surface area (Å²) in [7, 11) is 0. The van der Waals surface area contributed by atoms with Crippen molar-refractivity contribution in [3.8, 4) is 0 Å². The van der Waals surface area contributed by atoms with Crippen molar-refractivity contribution < 1.29 is 23.1 Å². The Kier molecular flexibility index (Phi) is 4.66. The molecule has 0 aliphatic rings. The van der Waals surface area contributed by atoms with E-state index in [1.165, 1.54) is 12.4 Å². The van der Waals surface area contributed by atoms with E-state index in [-0.39, 0.29) is 6.04 Å². The summed E-state index contributed by atoms with van der Waals surface area (Å²) in [6.45, 7) is 0.993.